The maximum absolute atomic E-state index is 12.2. The van der Waals surface area contributed by atoms with Crippen molar-refractivity contribution in [1.29, 1.82) is 0 Å². The first-order chi connectivity index (χ1) is 12.6. The molecule has 130 valence electrons. The smallest absolute Gasteiger partial charge is 0.240 e. The van der Waals surface area contributed by atoms with E-state index in [9.17, 15) is 4.79 Å². The van der Waals surface area contributed by atoms with E-state index in [1.54, 1.807) is 24.4 Å². The van der Waals surface area contributed by atoms with Crippen molar-refractivity contribution in [1.82, 2.24) is 30.1 Å². The average Bonchev–Trinajstić information content (AvgIpc) is 3.30. The Bertz CT molecular complexity index is 1060. The van der Waals surface area contributed by atoms with Gasteiger partial charge in [0.2, 0.25) is 17.5 Å². The third-order valence-corrected chi connectivity index (χ3v) is 3.69. The number of aromatic nitrogens is 6. The van der Waals surface area contributed by atoms with Crippen molar-refractivity contribution in [2.45, 2.75) is 13.5 Å². The molecule has 0 saturated heterocycles. The molecule has 10 heteroatoms. The highest BCUT2D eigenvalue weighted by Gasteiger charge is 2.22. The number of pyridine rings is 1. The molecule has 0 unspecified atom stereocenters. The summed E-state index contributed by atoms with van der Waals surface area (Å²) in [5.74, 6) is 0.253. The van der Waals surface area contributed by atoms with Gasteiger partial charge >= 0.3 is 0 Å². The Balaban J connectivity index is 1.84. The number of nitrogens with zero attached hydrogens (tertiary/aromatic N) is 7. The molecule has 0 aliphatic rings. The predicted octanol–water partition coefficient (Wildman–Crippen LogP) is 1.14. The number of furan rings is 1. The molecule has 0 radical (unpaired) electrons. The fourth-order valence-electron chi connectivity index (χ4n) is 2.53. The van der Waals surface area contributed by atoms with Crippen LogP contribution < -0.4 is 10.7 Å². The third kappa shape index (κ3) is 2.73. The Hall–Kier alpha value is -3.82. The Morgan fingerprint density at radius 3 is 2.85 bits per heavy atom. The van der Waals surface area contributed by atoms with Gasteiger partial charge in [0.15, 0.2) is 11.3 Å². The normalized spacial score (nSPS) is 11.0. The maximum Gasteiger partial charge on any atom is 0.240 e. The highest BCUT2D eigenvalue weighted by Crippen LogP contribution is 2.25. The summed E-state index contributed by atoms with van der Waals surface area (Å²) in [6.07, 6.45) is 3.18. The molecule has 4 rings (SSSR count). The van der Waals surface area contributed by atoms with E-state index in [2.05, 4.69) is 25.3 Å². The zero-order chi connectivity index (χ0) is 18.1. The summed E-state index contributed by atoms with van der Waals surface area (Å²) >= 11 is 0. The molecule has 0 aliphatic carbocycles. The zero-order valence-corrected chi connectivity index (χ0v) is 13.8. The summed E-state index contributed by atoms with van der Waals surface area (Å²) in [6, 6.07) is 8.92. The molecular weight excluding hydrogens is 336 g/mol. The van der Waals surface area contributed by atoms with Crippen LogP contribution in [-0.4, -0.2) is 36.0 Å². The minimum absolute atomic E-state index is 0.0220. The Morgan fingerprint density at radius 1 is 1.27 bits per heavy atom. The first-order valence-corrected chi connectivity index (χ1v) is 7.74. The summed E-state index contributed by atoms with van der Waals surface area (Å²) in [6.45, 7) is 1.63. The van der Waals surface area contributed by atoms with Gasteiger partial charge in [0.05, 0.1) is 18.5 Å². The van der Waals surface area contributed by atoms with Gasteiger partial charge in [0.25, 0.3) is 0 Å². The second kappa shape index (κ2) is 6.24. The summed E-state index contributed by atoms with van der Waals surface area (Å²) in [7, 11) is 0. The van der Waals surface area contributed by atoms with Crippen molar-refractivity contribution in [3.8, 4) is 11.5 Å². The summed E-state index contributed by atoms with van der Waals surface area (Å²) < 4.78 is 5.38. The largest absolute Gasteiger partial charge is 0.463 e. The molecule has 0 aromatic carbocycles. The first kappa shape index (κ1) is 15.7. The molecule has 0 bridgehead atoms. The van der Waals surface area contributed by atoms with E-state index in [0.29, 0.717) is 28.3 Å². The average molecular weight is 350 g/mol. The number of hydrogen-bond acceptors (Lipinski definition) is 8. The second-order valence-electron chi connectivity index (χ2n) is 5.46. The number of fused-ring (bicyclic) bond motifs is 1. The van der Waals surface area contributed by atoms with Crippen LogP contribution in [-0.2, 0) is 11.3 Å². The van der Waals surface area contributed by atoms with Crippen molar-refractivity contribution in [3.63, 3.8) is 0 Å². The molecule has 0 spiro atoms. The molecule has 1 amide bonds. The lowest BCUT2D eigenvalue weighted by Gasteiger charge is -2.19. The van der Waals surface area contributed by atoms with Crippen LogP contribution in [0.3, 0.4) is 0 Å². The predicted molar refractivity (Wildman–Crippen MR) is 92.1 cm³/mol. The lowest BCUT2D eigenvalue weighted by atomic mass is 10.3. The standard InChI is InChI=1S/C16H14N8O2/c1-10(25)23(9-11-5-2-3-7-18-11)24-15-14(21-22-24)13(19-16(17)20-15)12-6-4-8-26-12/h2-8H,9H2,1H3,(H2,17,19,20). The van der Waals surface area contributed by atoms with Crippen LogP contribution in [0.2, 0.25) is 0 Å². The fraction of sp³-hybridized carbons (Fsp3) is 0.125. The van der Waals surface area contributed by atoms with Gasteiger partial charge in [-0.05, 0) is 29.5 Å². The molecule has 0 fully saturated rings. The fourth-order valence-corrected chi connectivity index (χ4v) is 2.53. The molecular formula is C16H14N8O2. The van der Waals surface area contributed by atoms with Crippen LogP contribution in [0.5, 0.6) is 0 Å². The molecule has 26 heavy (non-hydrogen) atoms. The maximum atomic E-state index is 12.2. The topological polar surface area (TPSA) is 129 Å². The van der Waals surface area contributed by atoms with Crippen molar-refractivity contribution >= 4 is 23.0 Å². The molecule has 4 aromatic rings. The van der Waals surface area contributed by atoms with Gasteiger partial charge in [0.1, 0.15) is 5.69 Å². The van der Waals surface area contributed by atoms with Gasteiger partial charge in [-0.25, -0.2) is 9.99 Å². The minimum Gasteiger partial charge on any atom is -0.463 e. The highest BCUT2D eigenvalue weighted by atomic mass is 16.3. The number of rotatable bonds is 4. The number of carbonyl (C=O) groups excluding carboxylic acids is 1. The Labute approximate surface area is 147 Å². The summed E-state index contributed by atoms with van der Waals surface area (Å²) in [5.41, 5.74) is 7.62. The molecule has 10 nitrogen and oxygen atoms in total. The Kier molecular flexibility index (Phi) is 3.77. The van der Waals surface area contributed by atoms with Crippen LogP contribution in [0, 0.1) is 0 Å². The minimum atomic E-state index is -0.251. The van der Waals surface area contributed by atoms with E-state index >= 15 is 0 Å². The van der Waals surface area contributed by atoms with Crippen molar-refractivity contribution < 1.29 is 9.21 Å². The van der Waals surface area contributed by atoms with E-state index in [0.717, 1.165) is 0 Å². The molecule has 0 saturated carbocycles. The van der Waals surface area contributed by atoms with E-state index in [4.69, 9.17) is 10.2 Å². The van der Waals surface area contributed by atoms with Crippen molar-refractivity contribution in [3.05, 3.63) is 48.5 Å². The quantitative estimate of drug-likeness (QED) is 0.580. The van der Waals surface area contributed by atoms with Crippen LogP contribution in [0.1, 0.15) is 12.6 Å². The SMILES string of the molecule is CC(=O)N(Cc1ccccn1)n1nnc2c(-c3ccco3)nc(N)nc21. The van der Waals surface area contributed by atoms with Gasteiger partial charge in [-0.3, -0.25) is 9.78 Å². The van der Waals surface area contributed by atoms with Crippen molar-refractivity contribution in [2.75, 3.05) is 10.7 Å². The van der Waals surface area contributed by atoms with Gasteiger partial charge in [-0.1, -0.05) is 6.07 Å². The number of nitrogens with two attached hydrogens (primary N) is 1. The van der Waals surface area contributed by atoms with Gasteiger partial charge in [-0.2, -0.15) is 4.98 Å². The summed E-state index contributed by atoms with van der Waals surface area (Å²) in [5, 5.41) is 9.56. The van der Waals surface area contributed by atoms with Crippen LogP contribution in [0.4, 0.5) is 5.95 Å². The first-order valence-electron chi connectivity index (χ1n) is 7.74. The highest BCUT2D eigenvalue weighted by molar-refractivity contribution is 5.89. The molecule has 0 aliphatic heterocycles. The number of anilines is 1. The second-order valence-corrected chi connectivity index (χ2v) is 5.46. The number of hydrogen-bond donors (Lipinski definition) is 1. The van der Waals surface area contributed by atoms with Crippen LogP contribution in [0.25, 0.3) is 22.6 Å². The third-order valence-electron chi connectivity index (χ3n) is 3.69. The number of amides is 1. The van der Waals surface area contributed by atoms with Gasteiger partial charge in [-0.15, -0.1) is 9.89 Å². The summed E-state index contributed by atoms with van der Waals surface area (Å²) in [4.78, 5) is 26.1. The van der Waals surface area contributed by atoms with Gasteiger partial charge < -0.3 is 10.2 Å². The van der Waals surface area contributed by atoms with E-state index in [1.165, 1.54) is 23.0 Å². The monoisotopic (exact) mass is 350 g/mol. The van der Waals surface area contributed by atoms with Gasteiger partial charge in [0, 0.05) is 13.1 Å². The lowest BCUT2D eigenvalue weighted by Crippen LogP contribution is -2.39. The van der Waals surface area contributed by atoms with Crippen LogP contribution in [0.15, 0.2) is 47.2 Å². The Morgan fingerprint density at radius 2 is 2.15 bits per heavy atom. The number of nitrogen functional groups attached to an aromatic ring is 1. The molecule has 4 aromatic heterocycles. The lowest BCUT2D eigenvalue weighted by molar-refractivity contribution is -0.118. The molecule has 0 atom stereocenters. The zero-order valence-electron chi connectivity index (χ0n) is 13.8. The van der Waals surface area contributed by atoms with E-state index in [1.807, 2.05) is 12.1 Å². The molecule has 4 heterocycles. The van der Waals surface area contributed by atoms with E-state index in [-0.39, 0.29) is 18.4 Å². The van der Waals surface area contributed by atoms with Crippen LogP contribution >= 0.6 is 0 Å². The molecule has 2 N–H and O–H groups in total. The number of carbonyl (C=O) groups is 1. The van der Waals surface area contributed by atoms with Crippen molar-refractivity contribution in [2.24, 2.45) is 0 Å². The van der Waals surface area contributed by atoms with E-state index < -0.39 is 0 Å².